The van der Waals surface area contributed by atoms with Crippen molar-refractivity contribution in [2.75, 3.05) is 24.6 Å². The van der Waals surface area contributed by atoms with Gasteiger partial charge in [-0.15, -0.1) is 0 Å². The zero-order valence-electron chi connectivity index (χ0n) is 17.7. The Hall–Kier alpha value is -2.98. The molecule has 3 N–H and O–H groups in total. The second-order valence-electron chi connectivity index (χ2n) is 8.20. The molecule has 170 valence electrons. The minimum absolute atomic E-state index is 0.0117. The number of anilines is 1. The molecule has 0 saturated carbocycles. The number of piperidine rings is 1. The van der Waals surface area contributed by atoms with E-state index in [4.69, 9.17) is 5.73 Å². The number of benzene rings is 2. The summed E-state index contributed by atoms with van der Waals surface area (Å²) in [7, 11) is -3.48. The van der Waals surface area contributed by atoms with E-state index in [9.17, 15) is 17.7 Å². The van der Waals surface area contributed by atoms with Gasteiger partial charge in [-0.25, -0.2) is 12.7 Å². The molecule has 2 heterocycles. The number of sulfonamides is 1. The summed E-state index contributed by atoms with van der Waals surface area (Å²) in [5, 5.41) is 2.75. The van der Waals surface area contributed by atoms with Gasteiger partial charge in [0.1, 0.15) is 11.4 Å². The zero-order valence-corrected chi connectivity index (χ0v) is 18.5. The summed E-state index contributed by atoms with van der Waals surface area (Å²) in [6.45, 7) is 2.33. The van der Waals surface area contributed by atoms with Crippen molar-refractivity contribution in [3.8, 4) is 5.75 Å². The number of nitrogens with zero attached hydrogens (tertiary/aromatic N) is 2. The van der Waals surface area contributed by atoms with Crippen LogP contribution in [-0.4, -0.2) is 48.8 Å². The van der Waals surface area contributed by atoms with Crippen molar-refractivity contribution in [1.82, 2.24) is 9.62 Å². The lowest BCUT2D eigenvalue weighted by Gasteiger charge is -2.34. The Morgan fingerprint density at radius 1 is 1.22 bits per heavy atom. The normalized spacial score (nSPS) is 18.4. The van der Waals surface area contributed by atoms with Gasteiger partial charge >= 0.3 is 0 Å². The number of hydrogen-bond donors (Lipinski definition) is 2. The van der Waals surface area contributed by atoms with Gasteiger partial charge in [0.25, 0.3) is 5.91 Å². The van der Waals surface area contributed by atoms with Gasteiger partial charge in [-0.05, 0) is 61.6 Å². The first kappa shape index (κ1) is 22.2. The van der Waals surface area contributed by atoms with Crippen molar-refractivity contribution in [3.05, 3.63) is 59.2 Å². The SMILES string of the molecule is Cc1cc(N)ccc1CCS(=O)(=O)N1CCC2(CC1)N=C(c1cccc(OF)c1)NC2=O. The number of amides is 1. The third-order valence-corrected chi connectivity index (χ3v) is 7.99. The van der Waals surface area contributed by atoms with E-state index < -0.39 is 15.6 Å². The van der Waals surface area contributed by atoms with E-state index in [-0.39, 0.29) is 43.3 Å². The monoisotopic (exact) mass is 460 g/mol. The van der Waals surface area contributed by atoms with Gasteiger partial charge in [0.15, 0.2) is 5.75 Å². The molecule has 0 bridgehead atoms. The molecule has 0 atom stereocenters. The third kappa shape index (κ3) is 4.33. The number of halogens is 1. The van der Waals surface area contributed by atoms with Gasteiger partial charge in [-0.2, -0.15) is 0 Å². The number of aliphatic imine (C=N–C) groups is 1. The molecule has 0 unspecified atom stereocenters. The fourth-order valence-corrected chi connectivity index (χ4v) is 5.66. The number of carbonyl (C=O) groups is 1. The molecular weight excluding hydrogens is 435 g/mol. The highest BCUT2D eigenvalue weighted by atomic mass is 32.2. The number of aryl methyl sites for hydroxylation is 2. The molecule has 1 saturated heterocycles. The number of nitrogen functional groups attached to an aromatic ring is 1. The topological polar surface area (TPSA) is 114 Å². The van der Waals surface area contributed by atoms with E-state index >= 15 is 0 Å². The minimum atomic E-state index is -3.48. The summed E-state index contributed by atoms with van der Waals surface area (Å²) in [6.07, 6.45) is 0.954. The van der Waals surface area contributed by atoms with Crippen molar-refractivity contribution in [1.29, 1.82) is 0 Å². The molecule has 32 heavy (non-hydrogen) atoms. The van der Waals surface area contributed by atoms with Gasteiger partial charge < -0.3 is 11.1 Å². The predicted molar refractivity (Wildman–Crippen MR) is 119 cm³/mol. The van der Waals surface area contributed by atoms with E-state index in [0.29, 0.717) is 23.5 Å². The van der Waals surface area contributed by atoms with Crippen LogP contribution in [0.15, 0.2) is 47.5 Å². The molecule has 1 fully saturated rings. The standard InChI is InChI=1S/C22H25FN4O4S/c1-15-13-18(24)6-5-16(15)7-12-32(29,30)27-10-8-22(9-11-27)21(28)25-20(26-22)17-3-2-4-19(14-17)31-23/h2-6,13-14H,7-12,24H2,1H3,(H,25,26,28). The highest BCUT2D eigenvalue weighted by Crippen LogP contribution is 2.32. The molecule has 0 aliphatic carbocycles. The van der Waals surface area contributed by atoms with E-state index in [0.717, 1.165) is 11.1 Å². The predicted octanol–water partition coefficient (Wildman–Crippen LogP) is 2.12. The van der Waals surface area contributed by atoms with Crippen molar-refractivity contribution in [2.45, 2.75) is 31.7 Å². The van der Waals surface area contributed by atoms with Crippen LogP contribution in [0.1, 0.15) is 29.5 Å². The summed E-state index contributed by atoms with van der Waals surface area (Å²) in [5.41, 5.74) is 7.83. The van der Waals surface area contributed by atoms with Crippen LogP contribution in [0.2, 0.25) is 0 Å². The Bertz CT molecular complexity index is 1170. The van der Waals surface area contributed by atoms with Gasteiger partial charge in [-0.1, -0.05) is 18.2 Å². The lowest BCUT2D eigenvalue weighted by molar-refractivity contribution is -0.124. The number of hydrogen-bond acceptors (Lipinski definition) is 6. The number of rotatable bonds is 6. The van der Waals surface area contributed by atoms with E-state index in [2.05, 4.69) is 15.3 Å². The number of carbonyl (C=O) groups excluding carboxylic acids is 1. The molecular formula is C22H25FN4O4S. The summed E-state index contributed by atoms with van der Waals surface area (Å²) in [6, 6.07) is 11.6. The lowest BCUT2D eigenvalue weighted by atomic mass is 9.89. The molecule has 0 aromatic heterocycles. The Labute approximate surface area is 186 Å². The molecule has 2 aromatic rings. The lowest BCUT2D eigenvalue weighted by Crippen LogP contribution is -2.50. The molecule has 1 amide bonds. The maximum Gasteiger partial charge on any atom is 0.253 e. The van der Waals surface area contributed by atoms with E-state index in [1.165, 1.54) is 16.4 Å². The van der Waals surface area contributed by atoms with Crippen LogP contribution in [0.3, 0.4) is 0 Å². The fourth-order valence-electron chi connectivity index (χ4n) is 4.19. The van der Waals surface area contributed by atoms with Crippen LogP contribution < -0.4 is 16.0 Å². The van der Waals surface area contributed by atoms with Crippen molar-refractivity contribution in [3.63, 3.8) is 0 Å². The van der Waals surface area contributed by atoms with Crippen molar-refractivity contribution in [2.24, 2.45) is 4.99 Å². The quantitative estimate of drug-likeness (QED) is 0.641. The van der Waals surface area contributed by atoms with E-state index in [1.54, 1.807) is 18.2 Å². The van der Waals surface area contributed by atoms with Crippen LogP contribution in [0.5, 0.6) is 5.75 Å². The maximum atomic E-state index is 12.9. The van der Waals surface area contributed by atoms with Crippen LogP contribution in [0.4, 0.5) is 10.2 Å². The first-order valence-corrected chi connectivity index (χ1v) is 12.0. The Morgan fingerprint density at radius 2 is 1.97 bits per heavy atom. The average molecular weight is 461 g/mol. The molecule has 2 aliphatic heterocycles. The maximum absolute atomic E-state index is 12.9. The Morgan fingerprint density at radius 3 is 2.66 bits per heavy atom. The molecule has 8 nitrogen and oxygen atoms in total. The summed E-state index contributed by atoms with van der Waals surface area (Å²) >= 11 is 0. The summed E-state index contributed by atoms with van der Waals surface area (Å²) < 4.78 is 39.7. The molecule has 4 rings (SSSR count). The highest BCUT2D eigenvalue weighted by Gasteiger charge is 2.47. The minimum Gasteiger partial charge on any atom is -0.399 e. The molecule has 10 heteroatoms. The zero-order chi connectivity index (χ0) is 22.9. The van der Waals surface area contributed by atoms with E-state index in [1.807, 2.05) is 19.1 Å². The third-order valence-electron chi connectivity index (χ3n) is 6.12. The molecule has 2 aliphatic rings. The second-order valence-corrected chi connectivity index (χ2v) is 10.3. The van der Waals surface area contributed by atoms with Crippen LogP contribution in [0, 0.1) is 6.92 Å². The fraction of sp³-hybridized carbons (Fsp3) is 0.364. The van der Waals surface area contributed by atoms with Crippen molar-refractivity contribution >= 4 is 27.5 Å². The number of nitrogens with two attached hydrogens (primary N) is 1. The average Bonchev–Trinajstić information content (AvgIpc) is 3.09. The van der Waals surface area contributed by atoms with Gasteiger partial charge in [-0.3, -0.25) is 14.7 Å². The summed E-state index contributed by atoms with van der Waals surface area (Å²) in [4.78, 5) is 21.0. The Kier molecular flexibility index (Phi) is 5.91. The van der Waals surface area contributed by atoms with Crippen LogP contribution in [0.25, 0.3) is 0 Å². The Balaban J connectivity index is 1.43. The van der Waals surface area contributed by atoms with Crippen molar-refractivity contribution < 1.29 is 22.7 Å². The van der Waals surface area contributed by atoms with Gasteiger partial charge in [0, 0.05) is 28.9 Å². The number of amidine groups is 1. The van der Waals surface area contributed by atoms with Crippen LogP contribution in [-0.2, 0) is 21.2 Å². The first-order valence-electron chi connectivity index (χ1n) is 10.4. The molecule has 1 spiro atoms. The first-order chi connectivity index (χ1) is 15.2. The number of nitrogens with one attached hydrogen (secondary N) is 1. The highest BCUT2D eigenvalue weighted by molar-refractivity contribution is 7.89. The second kappa shape index (κ2) is 8.51. The summed E-state index contributed by atoms with van der Waals surface area (Å²) in [5.74, 6) is 0.0666. The molecule has 2 aromatic carbocycles. The van der Waals surface area contributed by atoms with Gasteiger partial charge in [0.05, 0.1) is 5.75 Å². The smallest absolute Gasteiger partial charge is 0.253 e. The largest absolute Gasteiger partial charge is 0.399 e. The van der Waals surface area contributed by atoms with Gasteiger partial charge in [0.2, 0.25) is 10.0 Å². The van der Waals surface area contributed by atoms with Crippen LogP contribution >= 0.6 is 0 Å². The molecule has 0 radical (unpaired) electrons.